The number of hydrogen-bond acceptors (Lipinski definition) is 4. The normalized spacial score (nSPS) is 22.5. The van der Waals surface area contributed by atoms with Gasteiger partial charge in [0, 0.05) is 31.2 Å². The van der Waals surface area contributed by atoms with Gasteiger partial charge in [0.25, 0.3) is 0 Å². The molecule has 0 aliphatic carbocycles. The molecule has 0 saturated carbocycles. The number of para-hydroxylation sites is 1. The van der Waals surface area contributed by atoms with Gasteiger partial charge in [-0.05, 0) is 37.8 Å². The molecule has 3 aliphatic rings. The molecule has 0 unspecified atom stereocenters. The molecule has 2 atom stereocenters. The van der Waals surface area contributed by atoms with Crippen molar-refractivity contribution in [3.8, 4) is 11.5 Å². The summed E-state index contributed by atoms with van der Waals surface area (Å²) in [5.74, 6) is 2.59. The summed E-state index contributed by atoms with van der Waals surface area (Å²) < 4.78 is 11.6. The van der Waals surface area contributed by atoms with Gasteiger partial charge in [0.1, 0.15) is 0 Å². The van der Waals surface area contributed by atoms with Gasteiger partial charge in [0.2, 0.25) is 0 Å². The topological polar surface area (TPSA) is 33.7 Å². The Morgan fingerprint density at radius 1 is 1.20 bits per heavy atom. The summed E-state index contributed by atoms with van der Waals surface area (Å²) in [5.41, 5.74) is 1.26. The summed E-state index contributed by atoms with van der Waals surface area (Å²) >= 11 is 0. The predicted octanol–water partition coefficient (Wildman–Crippen LogP) is 3.90. The van der Waals surface area contributed by atoms with Crippen LogP contribution in [-0.2, 0) is 6.54 Å². The third kappa shape index (κ3) is 5.65. The molecule has 0 spiro atoms. The summed E-state index contributed by atoms with van der Waals surface area (Å²) in [5, 5.41) is 3.61. The second-order valence-corrected chi connectivity index (χ2v) is 6.84. The van der Waals surface area contributed by atoms with Gasteiger partial charge < -0.3 is 14.8 Å². The molecule has 4 nitrogen and oxygen atoms in total. The zero-order chi connectivity index (χ0) is 16.1. The van der Waals surface area contributed by atoms with Crippen LogP contribution in [0.25, 0.3) is 0 Å². The average Bonchev–Trinajstić information content (AvgIpc) is 2.91. The van der Waals surface area contributed by atoms with Crippen molar-refractivity contribution in [2.24, 2.45) is 5.92 Å². The minimum atomic E-state index is 0. The number of nitrogens with zero attached hydrogens (tertiary/aromatic N) is 1. The van der Waals surface area contributed by atoms with Crippen molar-refractivity contribution in [1.29, 1.82) is 0 Å². The largest absolute Gasteiger partial charge is 0.493 e. The Labute approximate surface area is 164 Å². The third-order valence-electron chi connectivity index (χ3n) is 5.13. The lowest BCUT2D eigenvalue weighted by Gasteiger charge is -2.36. The number of unbranched alkanes of at least 4 members (excludes halogenated alkanes) is 1. The number of fused-ring (bicyclic) bond motifs is 4. The van der Waals surface area contributed by atoms with Crippen LogP contribution in [-0.4, -0.2) is 44.3 Å². The Balaban J connectivity index is 0.00000156. The van der Waals surface area contributed by atoms with Gasteiger partial charge in [-0.15, -0.1) is 24.8 Å². The number of methoxy groups -OCH3 is 1. The maximum Gasteiger partial charge on any atom is 0.165 e. The molecule has 0 amide bonds. The minimum absolute atomic E-state index is 0. The quantitative estimate of drug-likeness (QED) is 0.715. The van der Waals surface area contributed by atoms with Crippen LogP contribution < -0.4 is 14.8 Å². The molecule has 3 heterocycles. The van der Waals surface area contributed by atoms with Gasteiger partial charge >= 0.3 is 0 Å². The van der Waals surface area contributed by atoms with Gasteiger partial charge in [-0.1, -0.05) is 25.5 Å². The van der Waals surface area contributed by atoms with E-state index < -0.39 is 0 Å². The monoisotopic (exact) mass is 390 g/mol. The van der Waals surface area contributed by atoms with Crippen molar-refractivity contribution in [1.82, 2.24) is 10.2 Å². The van der Waals surface area contributed by atoms with Gasteiger partial charge in [-0.2, -0.15) is 0 Å². The molecule has 0 radical (unpaired) electrons. The Bertz CT molecular complexity index is 512. The molecular formula is C19H32Cl2N2O2. The fraction of sp³-hybridized carbons (Fsp3) is 0.684. The van der Waals surface area contributed by atoms with Crippen LogP contribution in [0.1, 0.15) is 38.2 Å². The van der Waals surface area contributed by atoms with Crippen LogP contribution >= 0.6 is 24.8 Å². The van der Waals surface area contributed by atoms with Crippen molar-refractivity contribution in [2.45, 2.75) is 45.2 Å². The fourth-order valence-corrected chi connectivity index (χ4v) is 3.78. The van der Waals surface area contributed by atoms with Crippen molar-refractivity contribution < 1.29 is 9.47 Å². The molecule has 1 aromatic carbocycles. The van der Waals surface area contributed by atoms with E-state index in [1.807, 2.05) is 6.07 Å². The van der Waals surface area contributed by atoms with Gasteiger partial charge in [-0.25, -0.2) is 0 Å². The smallest absolute Gasteiger partial charge is 0.165 e. The zero-order valence-corrected chi connectivity index (χ0v) is 17.0. The van der Waals surface area contributed by atoms with Crippen molar-refractivity contribution in [3.05, 3.63) is 23.8 Å². The maximum absolute atomic E-state index is 6.09. The molecular weight excluding hydrogens is 359 g/mol. The Hall–Kier alpha value is -0.680. The minimum Gasteiger partial charge on any atom is -0.493 e. The van der Waals surface area contributed by atoms with E-state index in [2.05, 4.69) is 29.3 Å². The number of hydrogen-bond donors (Lipinski definition) is 1. The van der Waals surface area contributed by atoms with Gasteiger partial charge in [0.15, 0.2) is 11.5 Å². The van der Waals surface area contributed by atoms with Crippen LogP contribution in [0.5, 0.6) is 11.5 Å². The molecule has 3 saturated heterocycles. The first-order valence-electron chi connectivity index (χ1n) is 9.05. The van der Waals surface area contributed by atoms with E-state index in [-0.39, 0.29) is 24.8 Å². The highest BCUT2D eigenvalue weighted by Gasteiger charge is 2.31. The standard InChI is InChI=1S/C19H30N2O2.2ClH/c1-3-4-10-23-19-16(6-5-7-18(19)22-2)14-21-13-15-8-9-17(21)12-20-11-15;;/h5-7,15,17,20H,3-4,8-14H2,1-2H3;2*1H/t15-,17+;;/m1../s1. The molecule has 0 aromatic heterocycles. The highest BCUT2D eigenvalue weighted by Crippen LogP contribution is 2.34. The van der Waals surface area contributed by atoms with Crippen molar-refractivity contribution >= 4 is 24.8 Å². The van der Waals surface area contributed by atoms with Crippen LogP contribution in [0.4, 0.5) is 0 Å². The highest BCUT2D eigenvalue weighted by atomic mass is 35.5. The van der Waals surface area contributed by atoms with Crippen molar-refractivity contribution in [3.63, 3.8) is 0 Å². The highest BCUT2D eigenvalue weighted by molar-refractivity contribution is 5.85. The maximum atomic E-state index is 6.09. The second kappa shape index (κ2) is 11.1. The lowest BCUT2D eigenvalue weighted by atomic mass is 9.94. The number of halogens is 2. The number of piperidine rings is 1. The number of benzene rings is 1. The van der Waals surface area contributed by atoms with E-state index in [0.717, 1.165) is 50.0 Å². The molecule has 6 heteroatoms. The molecule has 4 rings (SSSR count). The first kappa shape index (κ1) is 22.4. The van der Waals surface area contributed by atoms with E-state index >= 15 is 0 Å². The third-order valence-corrected chi connectivity index (χ3v) is 5.13. The van der Waals surface area contributed by atoms with Gasteiger partial charge in [0.05, 0.1) is 13.7 Å². The number of rotatable bonds is 7. The summed E-state index contributed by atoms with van der Waals surface area (Å²) in [6.45, 7) is 7.40. The van der Waals surface area contributed by atoms with E-state index in [4.69, 9.17) is 9.47 Å². The zero-order valence-electron chi connectivity index (χ0n) is 15.3. The predicted molar refractivity (Wildman–Crippen MR) is 108 cm³/mol. The summed E-state index contributed by atoms with van der Waals surface area (Å²) in [6.07, 6.45) is 4.90. The van der Waals surface area contributed by atoms with Crippen LogP contribution in [0.15, 0.2) is 18.2 Å². The first-order chi connectivity index (χ1) is 11.3. The molecule has 1 aromatic rings. The Morgan fingerprint density at radius 2 is 2.04 bits per heavy atom. The summed E-state index contributed by atoms with van der Waals surface area (Å²) in [6, 6.07) is 6.93. The second-order valence-electron chi connectivity index (χ2n) is 6.84. The molecule has 25 heavy (non-hydrogen) atoms. The van der Waals surface area contributed by atoms with E-state index in [1.54, 1.807) is 7.11 Å². The molecule has 2 bridgehead atoms. The fourth-order valence-electron chi connectivity index (χ4n) is 3.78. The molecule has 3 aliphatic heterocycles. The molecule has 144 valence electrons. The van der Waals surface area contributed by atoms with Crippen LogP contribution in [0, 0.1) is 5.92 Å². The summed E-state index contributed by atoms with van der Waals surface area (Å²) in [7, 11) is 1.73. The molecule has 3 fully saturated rings. The van der Waals surface area contributed by atoms with Crippen LogP contribution in [0.2, 0.25) is 0 Å². The average molecular weight is 391 g/mol. The van der Waals surface area contributed by atoms with E-state index in [1.165, 1.54) is 31.5 Å². The van der Waals surface area contributed by atoms with E-state index in [0.29, 0.717) is 6.04 Å². The number of ether oxygens (including phenoxy) is 2. The first-order valence-corrected chi connectivity index (χ1v) is 9.05. The van der Waals surface area contributed by atoms with Crippen LogP contribution in [0.3, 0.4) is 0 Å². The van der Waals surface area contributed by atoms with E-state index in [9.17, 15) is 0 Å². The number of nitrogens with one attached hydrogen (secondary N) is 1. The van der Waals surface area contributed by atoms with Gasteiger partial charge in [-0.3, -0.25) is 4.90 Å². The Kier molecular flexibility index (Phi) is 9.95. The summed E-state index contributed by atoms with van der Waals surface area (Å²) in [4.78, 5) is 2.63. The SMILES string of the molecule is CCCCOc1c(CN2C[C@@H]3CC[C@H]2CNC3)cccc1OC.Cl.Cl. The lowest BCUT2D eigenvalue weighted by molar-refractivity contribution is 0.124. The molecule has 1 N–H and O–H groups in total. The Morgan fingerprint density at radius 3 is 2.80 bits per heavy atom. The lowest BCUT2D eigenvalue weighted by Crippen LogP contribution is -2.43. The van der Waals surface area contributed by atoms with Crippen molar-refractivity contribution in [2.75, 3.05) is 33.4 Å².